The minimum atomic E-state index is -0.0109. The summed E-state index contributed by atoms with van der Waals surface area (Å²) < 4.78 is 5.27. The number of pyridine rings is 1. The second-order valence-corrected chi connectivity index (χ2v) is 3.84. The molecule has 0 aliphatic heterocycles. The number of aromatic nitrogens is 1. The van der Waals surface area contributed by atoms with Gasteiger partial charge in [-0.05, 0) is 31.2 Å². The summed E-state index contributed by atoms with van der Waals surface area (Å²) in [6.07, 6.45) is 1.63. The van der Waals surface area contributed by atoms with Gasteiger partial charge in [0.05, 0.1) is 18.0 Å². The Kier molecular flexibility index (Phi) is 3.01. The molecule has 0 fully saturated rings. The Hall–Kier alpha value is -1.68. The number of furan rings is 1. The fraction of sp³-hybridized carbons (Fsp3) is 0.182. The Bertz CT molecular complexity index is 470. The highest BCUT2D eigenvalue weighted by Crippen LogP contribution is 2.23. The number of rotatable bonds is 3. The standard InChI is InChI=1S/C11H12ClN3O/c1-7(9-3-2-6-16-9)14-11-8(13)4-5-10(12)15-11/h2-7H,13H2,1H3,(H,14,15). The van der Waals surface area contributed by atoms with Crippen LogP contribution >= 0.6 is 11.6 Å². The summed E-state index contributed by atoms with van der Waals surface area (Å²) in [6, 6.07) is 7.08. The van der Waals surface area contributed by atoms with Gasteiger partial charge >= 0.3 is 0 Å². The van der Waals surface area contributed by atoms with Gasteiger partial charge < -0.3 is 15.5 Å². The molecular weight excluding hydrogens is 226 g/mol. The largest absolute Gasteiger partial charge is 0.467 e. The molecule has 2 heterocycles. The highest BCUT2D eigenvalue weighted by molar-refractivity contribution is 6.29. The van der Waals surface area contributed by atoms with Gasteiger partial charge in [-0.3, -0.25) is 0 Å². The van der Waals surface area contributed by atoms with Gasteiger partial charge in [0.15, 0.2) is 5.82 Å². The molecule has 0 spiro atoms. The summed E-state index contributed by atoms with van der Waals surface area (Å²) >= 11 is 5.80. The molecule has 84 valence electrons. The van der Waals surface area contributed by atoms with Gasteiger partial charge in [-0.15, -0.1) is 0 Å². The van der Waals surface area contributed by atoms with Gasteiger partial charge in [-0.2, -0.15) is 0 Å². The van der Waals surface area contributed by atoms with Crippen LogP contribution in [-0.2, 0) is 0 Å². The number of nitrogens with one attached hydrogen (secondary N) is 1. The zero-order valence-corrected chi connectivity index (χ0v) is 9.53. The molecule has 0 amide bonds. The molecule has 2 rings (SSSR count). The van der Waals surface area contributed by atoms with Crippen LogP contribution in [0.15, 0.2) is 34.9 Å². The third-order valence-corrected chi connectivity index (χ3v) is 2.43. The maximum Gasteiger partial charge on any atom is 0.151 e. The molecule has 2 aromatic rings. The Labute approximate surface area is 98.4 Å². The highest BCUT2D eigenvalue weighted by atomic mass is 35.5. The first kappa shape index (κ1) is 10.8. The van der Waals surface area contributed by atoms with Crippen molar-refractivity contribution >= 4 is 23.1 Å². The lowest BCUT2D eigenvalue weighted by atomic mass is 10.2. The first-order valence-corrected chi connectivity index (χ1v) is 5.26. The van der Waals surface area contributed by atoms with E-state index in [-0.39, 0.29) is 6.04 Å². The quantitative estimate of drug-likeness (QED) is 0.806. The summed E-state index contributed by atoms with van der Waals surface area (Å²) in [6.45, 7) is 1.96. The zero-order valence-electron chi connectivity index (χ0n) is 8.77. The predicted octanol–water partition coefficient (Wildman–Crippen LogP) is 3.08. The van der Waals surface area contributed by atoms with Crippen LogP contribution < -0.4 is 11.1 Å². The van der Waals surface area contributed by atoms with E-state index in [1.165, 1.54) is 0 Å². The van der Waals surface area contributed by atoms with Gasteiger partial charge in [-0.25, -0.2) is 4.98 Å². The lowest BCUT2D eigenvalue weighted by molar-refractivity contribution is 0.490. The molecule has 0 bridgehead atoms. The van der Waals surface area contributed by atoms with Gasteiger partial charge in [0.25, 0.3) is 0 Å². The van der Waals surface area contributed by atoms with Gasteiger partial charge in [0.2, 0.25) is 0 Å². The second kappa shape index (κ2) is 4.45. The van der Waals surface area contributed by atoms with Gasteiger partial charge in [-0.1, -0.05) is 11.6 Å². The van der Waals surface area contributed by atoms with E-state index >= 15 is 0 Å². The number of halogens is 1. The summed E-state index contributed by atoms with van der Waals surface area (Å²) in [4.78, 5) is 4.11. The number of anilines is 2. The van der Waals surface area contributed by atoms with Crippen LogP contribution in [0.25, 0.3) is 0 Å². The van der Waals surface area contributed by atoms with Crippen molar-refractivity contribution in [3.63, 3.8) is 0 Å². The number of hydrogen-bond acceptors (Lipinski definition) is 4. The second-order valence-electron chi connectivity index (χ2n) is 3.45. The van der Waals surface area contributed by atoms with Crippen molar-refractivity contribution in [2.45, 2.75) is 13.0 Å². The lowest BCUT2D eigenvalue weighted by Gasteiger charge is -2.13. The minimum Gasteiger partial charge on any atom is -0.467 e. The average molecular weight is 238 g/mol. The van der Waals surface area contributed by atoms with Crippen molar-refractivity contribution in [2.75, 3.05) is 11.1 Å². The summed E-state index contributed by atoms with van der Waals surface area (Å²) in [7, 11) is 0. The van der Waals surface area contributed by atoms with Crippen LogP contribution in [0.1, 0.15) is 18.7 Å². The smallest absolute Gasteiger partial charge is 0.151 e. The fourth-order valence-corrected chi connectivity index (χ4v) is 1.52. The Balaban J connectivity index is 2.17. The predicted molar refractivity (Wildman–Crippen MR) is 64.4 cm³/mol. The van der Waals surface area contributed by atoms with E-state index in [9.17, 15) is 0 Å². The Morgan fingerprint density at radius 1 is 1.44 bits per heavy atom. The summed E-state index contributed by atoms with van der Waals surface area (Å²) in [5.74, 6) is 1.39. The molecule has 5 heteroatoms. The first-order valence-electron chi connectivity index (χ1n) is 4.89. The van der Waals surface area contributed by atoms with Crippen molar-refractivity contribution in [2.24, 2.45) is 0 Å². The normalized spacial score (nSPS) is 12.4. The summed E-state index contributed by atoms with van der Waals surface area (Å²) in [5.41, 5.74) is 6.34. The number of hydrogen-bond donors (Lipinski definition) is 2. The molecule has 1 unspecified atom stereocenters. The maximum atomic E-state index is 5.80. The van der Waals surface area contributed by atoms with E-state index in [2.05, 4.69) is 10.3 Å². The van der Waals surface area contributed by atoms with Gasteiger partial charge in [0, 0.05) is 0 Å². The van der Waals surface area contributed by atoms with E-state index in [1.54, 1.807) is 18.4 Å². The Morgan fingerprint density at radius 2 is 2.25 bits per heavy atom. The summed E-state index contributed by atoms with van der Waals surface area (Å²) in [5, 5.41) is 3.54. The molecule has 1 atom stereocenters. The maximum absolute atomic E-state index is 5.80. The third-order valence-electron chi connectivity index (χ3n) is 2.22. The molecule has 0 aromatic carbocycles. The minimum absolute atomic E-state index is 0.0109. The van der Waals surface area contributed by atoms with Crippen LogP contribution in [0.3, 0.4) is 0 Å². The van der Waals surface area contributed by atoms with Gasteiger partial charge in [0.1, 0.15) is 10.9 Å². The van der Waals surface area contributed by atoms with E-state index < -0.39 is 0 Å². The molecule has 16 heavy (non-hydrogen) atoms. The van der Waals surface area contributed by atoms with Crippen LogP contribution in [0.4, 0.5) is 11.5 Å². The number of nitrogens with two attached hydrogens (primary N) is 1. The number of nitrogens with zero attached hydrogens (tertiary/aromatic N) is 1. The van der Waals surface area contributed by atoms with Crippen molar-refractivity contribution in [1.82, 2.24) is 4.98 Å². The van der Waals surface area contributed by atoms with E-state index in [0.717, 1.165) is 5.76 Å². The molecule has 0 saturated heterocycles. The fourth-order valence-electron chi connectivity index (χ4n) is 1.38. The highest BCUT2D eigenvalue weighted by Gasteiger charge is 2.10. The van der Waals surface area contributed by atoms with E-state index in [0.29, 0.717) is 16.7 Å². The number of nitrogen functional groups attached to an aromatic ring is 1. The van der Waals surface area contributed by atoms with Crippen LogP contribution in [0, 0.1) is 0 Å². The molecular formula is C11H12ClN3O. The molecule has 4 nitrogen and oxygen atoms in total. The van der Waals surface area contributed by atoms with Crippen molar-refractivity contribution in [3.8, 4) is 0 Å². The molecule has 0 aliphatic carbocycles. The average Bonchev–Trinajstić information content (AvgIpc) is 2.76. The molecule has 0 aliphatic rings. The first-order chi connectivity index (χ1) is 7.66. The van der Waals surface area contributed by atoms with Crippen LogP contribution in [0.2, 0.25) is 5.15 Å². The van der Waals surface area contributed by atoms with E-state index in [1.807, 2.05) is 19.1 Å². The third kappa shape index (κ3) is 2.28. The SMILES string of the molecule is CC(Nc1nc(Cl)ccc1N)c1ccco1. The van der Waals surface area contributed by atoms with Crippen molar-refractivity contribution < 1.29 is 4.42 Å². The molecule has 0 saturated carbocycles. The monoisotopic (exact) mass is 237 g/mol. The lowest BCUT2D eigenvalue weighted by Crippen LogP contribution is -2.09. The van der Waals surface area contributed by atoms with Crippen molar-refractivity contribution in [1.29, 1.82) is 0 Å². The zero-order chi connectivity index (χ0) is 11.5. The molecule has 3 N–H and O–H groups in total. The van der Waals surface area contributed by atoms with Crippen LogP contribution in [-0.4, -0.2) is 4.98 Å². The topological polar surface area (TPSA) is 64.1 Å². The molecule has 0 radical (unpaired) electrons. The van der Waals surface area contributed by atoms with Crippen LogP contribution in [0.5, 0.6) is 0 Å². The Morgan fingerprint density at radius 3 is 2.94 bits per heavy atom. The van der Waals surface area contributed by atoms with E-state index in [4.69, 9.17) is 21.8 Å². The molecule has 2 aromatic heterocycles. The van der Waals surface area contributed by atoms with Crippen molar-refractivity contribution in [3.05, 3.63) is 41.4 Å².